The van der Waals surface area contributed by atoms with Crippen LogP contribution in [0.4, 0.5) is 0 Å². The highest BCUT2D eigenvalue weighted by Gasteiger charge is 2.18. The molecule has 2 heteroatoms. The van der Waals surface area contributed by atoms with Crippen molar-refractivity contribution in [3.05, 3.63) is 29.8 Å². The number of hydrogen-bond acceptors (Lipinski definition) is 2. The van der Waals surface area contributed by atoms with Gasteiger partial charge in [0.05, 0.1) is 11.7 Å². The minimum Gasteiger partial charge on any atom is -0.508 e. The molecule has 0 spiro atoms. The molecule has 1 unspecified atom stereocenters. The Morgan fingerprint density at radius 2 is 1.79 bits per heavy atom. The van der Waals surface area contributed by atoms with E-state index in [0.29, 0.717) is 5.75 Å². The molecule has 1 aromatic rings. The van der Waals surface area contributed by atoms with Gasteiger partial charge in [0, 0.05) is 5.56 Å². The van der Waals surface area contributed by atoms with E-state index in [-0.39, 0.29) is 11.7 Å². The van der Waals surface area contributed by atoms with Gasteiger partial charge in [-0.25, -0.2) is 0 Å². The summed E-state index contributed by atoms with van der Waals surface area (Å²) in [6, 6.07) is 7.27. The molecule has 14 heavy (non-hydrogen) atoms. The van der Waals surface area contributed by atoms with E-state index in [4.69, 9.17) is 4.74 Å². The Morgan fingerprint density at radius 1 is 1.21 bits per heavy atom. The first-order chi connectivity index (χ1) is 6.40. The number of phenolic OH excluding ortho intramolecular Hbond substituents is 1. The van der Waals surface area contributed by atoms with Crippen molar-refractivity contribution >= 4 is 0 Å². The predicted octanol–water partition coefficient (Wildman–Crippen LogP) is 3.27. The number of benzene rings is 1. The zero-order valence-corrected chi connectivity index (χ0v) is 9.24. The maximum absolute atomic E-state index is 9.60. The van der Waals surface area contributed by atoms with Crippen LogP contribution in [0.25, 0.3) is 0 Å². The van der Waals surface area contributed by atoms with E-state index >= 15 is 0 Å². The van der Waals surface area contributed by atoms with E-state index in [1.165, 1.54) is 0 Å². The number of aromatic hydroxyl groups is 1. The molecule has 0 aromatic heterocycles. The molecule has 0 radical (unpaired) electrons. The first kappa shape index (κ1) is 11.1. The molecule has 1 rings (SSSR count). The summed E-state index contributed by atoms with van der Waals surface area (Å²) in [5.74, 6) is 0.296. The van der Waals surface area contributed by atoms with Crippen molar-refractivity contribution in [2.75, 3.05) is 0 Å². The number of hydrogen-bond donors (Lipinski definition) is 1. The second-order valence-corrected chi connectivity index (χ2v) is 4.43. The topological polar surface area (TPSA) is 29.5 Å². The second-order valence-electron chi connectivity index (χ2n) is 4.43. The summed E-state index contributed by atoms with van der Waals surface area (Å²) in [4.78, 5) is 0. The van der Waals surface area contributed by atoms with Gasteiger partial charge >= 0.3 is 0 Å². The van der Waals surface area contributed by atoms with Gasteiger partial charge in [-0.1, -0.05) is 18.2 Å². The average molecular weight is 194 g/mol. The van der Waals surface area contributed by atoms with E-state index in [9.17, 15) is 5.11 Å². The standard InChI is InChI=1S/C12H18O2/c1-9(14-12(2,3)4)10-7-5-6-8-11(10)13/h5-9,13H,1-4H3. The van der Waals surface area contributed by atoms with Gasteiger partial charge in [-0.05, 0) is 33.8 Å². The van der Waals surface area contributed by atoms with Crippen molar-refractivity contribution < 1.29 is 9.84 Å². The van der Waals surface area contributed by atoms with Crippen LogP contribution in [0.3, 0.4) is 0 Å². The maximum Gasteiger partial charge on any atom is 0.121 e. The Labute approximate surface area is 85.5 Å². The monoisotopic (exact) mass is 194 g/mol. The SMILES string of the molecule is CC(OC(C)(C)C)c1ccccc1O. The fourth-order valence-electron chi connectivity index (χ4n) is 1.43. The van der Waals surface area contributed by atoms with Crippen LogP contribution in [0.5, 0.6) is 5.75 Å². The van der Waals surface area contributed by atoms with Gasteiger partial charge in [0.25, 0.3) is 0 Å². The summed E-state index contributed by atoms with van der Waals surface area (Å²) >= 11 is 0. The Bertz CT molecular complexity index is 299. The lowest BCUT2D eigenvalue weighted by molar-refractivity contribution is -0.0536. The average Bonchev–Trinajstić information content (AvgIpc) is 2.01. The van der Waals surface area contributed by atoms with Crippen LogP contribution in [0.15, 0.2) is 24.3 Å². The van der Waals surface area contributed by atoms with E-state index in [2.05, 4.69) is 0 Å². The van der Waals surface area contributed by atoms with Crippen molar-refractivity contribution in [3.63, 3.8) is 0 Å². The predicted molar refractivity (Wildman–Crippen MR) is 57.4 cm³/mol. The molecule has 0 heterocycles. The highest BCUT2D eigenvalue weighted by Crippen LogP contribution is 2.29. The fourth-order valence-corrected chi connectivity index (χ4v) is 1.43. The van der Waals surface area contributed by atoms with Crippen molar-refractivity contribution in [1.82, 2.24) is 0 Å². The molecule has 0 amide bonds. The molecule has 0 saturated carbocycles. The normalized spacial score (nSPS) is 14.0. The first-order valence-corrected chi connectivity index (χ1v) is 4.86. The lowest BCUT2D eigenvalue weighted by atomic mass is 10.1. The van der Waals surface area contributed by atoms with Gasteiger partial charge in [-0.2, -0.15) is 0 Å². The van der Waals surface area contributed by atoms with E-state index < -0.39 is 0 Å². The molecule has 0 saturated heterocycles. The van der Waals surface area contributed by atoms with Gasteiger partial charge in [0.2, 0.25) is 0 Å². The highest BCUT2D eigenvalue weighted by atomic mass is 16.5. The molecule has 1 aromatic carbocycles. The van der Waals surface area contributed by atoms with E-state index in [0.717, 1.165) is 5.56 Å². The minimum absolute atomic E-state index is 0.0869. The van der Waals surface area contributed by atoms with Crippen molar-refractivity contribution in [2.45, 2.75) is 39.4 Å². The van der Waals surface area contributed by atoms with Gasteiger partial charge in [-0.3, -0.25) is 0 Å². The van der Waals surface area contributed by atoms with Gasteiger partial charge in [0.15, 0.2) is 0 Å². The highest BCUT2D eigenvalue weighted by molar-refractivity contribution is 5.33. The van der Waals surface area contributed by atoms with Crippen molar-refractivity contribution in [3.8, 4) is 5.75 Å². The lowest BCUT2D eigenvalue weighted by Gasteiger charge is -2.25. The molecule has 0 aliphatic heterocycles. The van der Waals surface area contributed by atoms with Crippen LogP contribution in [0.1, 0.15) is 39.4 Å². The van der Waals surface area contributed by atoms with Crippen molar-refractivity contribution in [2.24, 2.45) is 0 Å². The number of ether oxygens (including phenoxy) is 1. The first-order valence-electron chi connectivity index (χ1n) is 4.86. The number of para-hydroxylation sites is 1. The zero-order valence-electron chi connectivity index (χ0n) is 9.24. The lowest BCUT2D eigenvalue weighted by Crippen LogP contribution is -2.21. The number of phenols is 1. The quantitative estimate of drug-likeness (QED) is 0.783. The smallest absolute Gasteiger partial charge is 0.121 e. The minimum atomic E-state index is -0.193. The molecule has 0 aliphatic carbocycles. The number of rotatable bonds is 2. The maximum atomic E-state index is 9.60. The van der Waals surface area contributed by atoms with Crippen LogP contribution in [0.2, 0.25) is 0 Å². The molecular formula is C12H18O2. The Morgan fingerprint density at radius 3 is 2.29 bits per heavy atom. The summed E-state index contributed by atoms with van der Waals surface area (Å²) in [5, 5.41) is 9.60. The Hall–Kier alpha value is -1.02. The Kier molecular flexibility index (Phi) is 3.17. The summed E-state index contributed by atoms with van der Waals surface area (Å²) in [6.07, 6.45) is -0.0869. The summed E-state index contributed by atoms with van der Waals surface area (Å²) < 4.78 is 5.74. The third-order valence-electron chi connectivity index (χ3n) is 1.91. The van der Waals surface area contributed by atoms with Crippen LogP contribution in [0, 0.1) is 0 Å². The van der Waals surface area contributed by atoms with Crippen LogP contribution in [-0.2, 0) is 4.74 Å². The van der Waals surface area contributed by atoms with Crippen LogP contribution in [-0.4, -0.2) is 10.7 Å². The summed E-state index contributed by atoms with van der Waals surface area (Å²) in [7, 11) is 0. The van der Waals surface area contributed by atoms with Gasteiger partial charge < -0.3 is 9.84 Å². The molecule has 1 atom stereocenters. The largest absolute Gasteiger partial charge is 0.508 e. The van der Waals surface area contributed by atoms with Crippen LogP contribution < -0.4 is 0 Å². The fraction of sp³-hybridized carbons (Fsp3) is 0.500. The van der Waals surface area contributed by atoms with Crippen LogP contribution >= 0.6 is 0 Å². The molecule has 78 valence electrons. The van der Waals surface area contributed by atoms with Crippen molar-refractivity contribution in [1.29, 1.82) is 0 Å². The molecule has 2 nitrogen and oxygen atoms in total. The molecule has 0 aliphatic rings. The second kappa shape index (κ2) is 4.01. The van der Waals surface area contributed by atoms with E-state index in [1.807, 2.05) is 45.9 Å². The van der Waals surface area contributed by atoms with E-state index in [1.54, 1.807) is 6.07 Å². The molecule has 0 fully saturated rings. The van der Waals surface area contributed by atoms with Gasteiger partial charge in [-0.15, -0.1) is 0 Å². The molecule has 1 N–H and O–H groups in total. The third-order valence-corrected chi connectivity index (χ3v) is 1.91. The Balaban J connectivity index is 2.80. The summed E-state index contributed by atoms with van der Waals surface area (Å²) in [5.41, 5.74) is 0.643. The molecule has 0 bridgehead atoms. The van der Waals surface area contributed by atoms with Gasteiger partial charge in [0.1, 0.15) is 5.75 Å². The third kappa shape index (κ3) is 3.04. The molecular weight excluding hydrogens is 176 g/mol. The summed E-state index contributed by atoms with van der Waals surface area (Å²) in [6.45, 7) is 7.96. The zero-order chi connectivity index (χ0) is 10.8.